The van der Waals surface area contributed by atoms with Crippen molar-refractivity contribution in [3.63, 3.8) is 0 Å². The Morgan fingerprint density at radius 1 is 1.32 bits per heavy atom. The van der Waals surface area contributed by atoms with Gasteiger partial charge < -0.3 is 5.73 Å². The summed E-state index contributed by atoms with van der Waals surface area (Å²) in [6.07, 6.45) is -3.93. The van der Waals surface area contributed by atoms with Gasteiger partial charge in [0.25, 0.3) is 0 Å². The number of nitrogens with one attached hydrogen (secondary N) is 1. The van der Waals surface area contributed by atoms with Crippen LogP contribution in [0.4, 0.5) is 17.6 Å². The van der Waals surface area contributed by atoms with Crippen molar-refractivity contribution in [2.75, 3.05) is 0 Å². The number of nitrogen functional groups attached to an aromatic ring is 1. The van der Waals surface area contributed by atoms with Crippen LogP contribution in [-0.4, -0.2) is 15.6 Å². The van der Waals surface area contributed by atoms with Crippen molar-refractivity contribution >= 4 is 5.84 Å². The fourth-order valence-corrected chi connectivity index (χ4v) is 1.62. The fraction of sp³-hybridized carbons (Fsp3) is 0.0909. The Balaban J connectivity index is 2.68. The number of hydrogen-bond donors (Lipinski definition) is 2. The Kier molecular flexibility index (Phi) is 3.01. The molecule has 0 bridgehead atoms. The van der Waals surface area contributed by atoms with Gasteiger partial charge in [0.2, 0.25) is 0 Å². The van der Waals surface area contributed by atoms with Crippen LogP contribution in [0.15, 0.2) is 30.5 Å². The van der Waals surface area contributed by atoms with Crippen LogP contribution in [0.2, 0.25) is 0 Å². The molecule has 0 aliphatic carbocycles. The van der Waals surface area contributed by atoms with Gasteiger partial charge >= 0.3 is 6.18 Å². The van der Waals surface area contributed by atoms with Crippen molar-refractivity contribution in [1.82, 2.24) is 9.78 Å². The first-order chi connectivity index (χ1) is 8.80. The highest BCUT2D eigenvalue weighted by molar-refractivity contribution is 5.96. The zero-order valence-electron chi connectivity index (χ0n) is 9.37. The standard InChI is InChI=1S/C11H8F4N4/c12-6-2-1-3-7(4-6)19-9(11(13,14)15)8(5-18-19)10(16)17/h1-5H,(H3,16,17). The number of nitrogens with zero attached hydrogens (tertiary/aromatic N) is 2. The van der Waals surface area contributed by atoms with E-state index in [0.717, 1.165) is 18.3 Å². The summed E-state index contributed by atoms with van der Waals surface area (Å²) in [5, 5.41) is 10.6. The maximum Gasteiger partial charge on any atom is 0.434 e. The van der Waals surface area contributed by atoms with Crippen LogP contribution < -0.4 is 5.73 Å². The molecule has 0 fully saturated rings. The average molecular weight is 272 g/mol. The molecule has 8 heteroatoms. The lowest BCUT2D eigenvalue weighted by atomic mass is 10.2. The van der Waals surface area contributed by atoms with E-state index < -0.39 is 29.1 Å². The molecule has 1 heterocycles. The SMILES string of the molecule is N=C(N)c1cnn(-c2cccc(F)c2)c1C(F)(F)F. The number of amidine groups is 1. The van der Waals surface area contributed by atoms with E-state index in [9.17, 15) is 17.6 Å². The normalized spacial score (nSPS) is 11.6. The minimum Gasteiger partial charge on any atom is -0.384 e. The molecule has 2 aromatic rings. The Bertz CT molecular complexity index is 630. The first kappa shape index (κ1) is 13.1. The molecule has 0 amide bonds. The summed E-state index contributed by atoms with van der Waals surface area (Å²) in [6, 6.07) is 4.55. The summed E-state index contributed by atoms with van der Waals surface area (Å²) in [6.45, 7) is 0. The lowest BCUT2D eigenvalue weighted by molar-refractivity contribution is -0.142. The molecule has 0 aliphatic rings. The predicted octanol–water partition coefficient (Wildman–Crippen LogP) is 2.31. The number of rotatable bonds is 2. The summed E-state index contributed by atoms with van der Waals surface area (Å²) in [4.78, 5) is 0. The number of benzene rings is 1. The molecule has 0 aliphatic heterocycles. The number of nitrogens with two attached hydrogens (primary N) is 1. The maximum absolute atomic E-state index is 13.1. The Morgan fingerprint density at radius 3 is 2.53 bits per heavy atom. The van der Waals surface area contributed by atoms with Gasteiger partial charge in [-0.3, -0.25) is 5.41 Å². The minimum atomic E-state index is -4.76. The molecule has 4 nitrogen and oxygen atoms in total. The van der Waals surface area contributed by atoms with Gasteiger partial charge in [-0.1, -0.05) is 6.07 Å². The van der Waals surface area contributed by atoms with Crippen molar-refractivity contribution in [3.8, 4) is 5.69 Å². The van der Waals surface area contributed by atoms with Crippen molar-refractivity contribution in [1.29, 1.82) is 5.41 Å². The first-order valence-electron chi connectivity index (χ1n) is 5.06. The van der Waals surface area contributed by atoms with Crippen LogP contribution in [0, 0.1) is 11.2 Å². The van der Waals surface area contributed by atoms with Crippen LogP contribution in [0.1, 0.15) is 11.3 Å². The largest absolute Gasteiger partial charge is 0.434 e. The van der Waals surface area contributed by atoms with Crippen molar-refractivity contribution in [3.05, 3.63) is 47.5 Å². The molecule has 0 radical (unpaired) electrons. The van der Waals surface area contributed by atoms with E-state index in [1.165, 1.54) is 12.1 Å². The van der Waals surface area contributed by atoms with Crippen molar-refractivity contribution < 1.29 is 17.6 Å². The molecule has 0 atom stereocenters. The zero-order valence-corrected chi connectivity index (χ0v) is 9.37. The molecule has 100 valence electrons. The molecule has 0 spiro atoms. The third kappa shape index (κ3) is 2.42. The van der Waals surface area contributed by atoms with Gasteiger partial charge in [-0.2, -0.15) is 18.3 Å². The van der Waals surface area contributed by atoms with Gasteiger partial charge in [-0.05, 0) is 18.2 Å². The Labute approximate surface area is 105 Å². The van der Waals surface area contributed by atoms with E-state index in [0.29, 0.717) is 4.68 Å². The molecule has 1 aromatic heterocycles. The van der Waals surface area contributed by atoms with Crippen LogP contribution in [0.25, 0.3) is 5.69 Å². The van der Waals surface area contributed by atoms with E-state index in [2.05, 4.69) is 5.10 Å². The monoisotopic (exact) mass is 272 g/mol. The van der Waals surface area contributed by atoms with Crippen LogP contribution >= 0.6 is 0 Å². The first-order valence-corrected chi connectivity index (χ1v) is 5.06. The highest BCUT2D eigenvalue weighted by Crippen LogP contribution is 2.33. The molecular weight excluding hydrogens is 264 g/mol. The summed E-state index contributed by atoms with van der Waals surface area (Å²) in [5.74, 6) is -1.44. The molecule has 0 saturated heterocycles. The highest BCUT2D eigenvalue weighted by atomic mass is 19.4. The fourth-order valence-electron chi connectivity index (χ4n) is 1.62. The number of hydrogen-bond acceptors (Lipinski definition) is 2. The van der Waals surface area contributed by atoms with Gasteiger partial charge in [0.15, 0.2) is 5.69 Å². The topological polar surface area (TPSA) is 67.7 Å². The van der Waals surface area contributed by atoms with Crippen molar-refractivity contribution in [2.45, 2.75) is 6.18 Å². The smallest absolute Gasteiger partial charge is 0.384 e. The minimum absolute atomic E-state index is 0.0974. The molecule has 1 aromatic carbocycles. The van der Waals surface area contributed by atoms with Crippen LogP contribution in [-0.2, 0) is 6.18 Å². The number of halogens is 4. The van der Waals surface area contributed by atoms with Gasteiger partial charge in [0.05, 0.1) is 17.4 Å². The third-order valence-electron chi connectivity index (χ3n) is 2.38. The van der Waals surface area contributed by atoms with E-state index >= 15 is 0 Å². The number of aromatic nitrogens is 2. The molecule has 0 saturated carbocycles. The molecular formula is C11H8F4N4. The molecule has 19 heavy (non-hydrogen) atoms. The summed E-state index contributed by atoms with van der Waals surface area (Å²) in [5.41, 5.74) is 3.24. The van der Waals surface area contributed by atoms with E-state index in [-0.39, 0.29) is 5.69 Å². The lowest BCUT2D eigenvalue weighted by Crippen LogP contribution is -2.20. The Morgan fingerprint density at radius 2 is 2.00 bits per heavy atom. The van der Waals surface area contributed by atoms with Crippen molar-refractivity contribution in [2.24, 2.45) is 5.73 Å². The predicted molar refractivity (Wildman–Crippen MR) is 59.5 cm³/mol. The third-order valence-corrected chi connectivity index (χ3v) is 2.38. The summed E-state index contributed by atoms with van der Waals surface area (Å²) >= 11 is 0. The van der Waals surface area contributed by atoms with E-state index in [1.54, 1.807) is 0 Å². The molecule has 2 rings (SSSR count). The molecule has 3 N–H and O–H groups in total. The zero-order chi connectivity index (χ0) is 14.2. The second-order valence-corrected chi connectivity index (χ2v) is 3.71. The highest BCUT2D eigenvalue weighted by Gasteiger charge is 2.39. The summed E-state index contributed by atoms with van der Waals surface area (Å²) < 4.78 is 52.5. The molecule has 0 unspecified atom stereocenters. The van der Waals surface area contributed by atoms with Crippen LogP contribution in [0.5, 0.6) is 0 Å². The lowest BCUT2D eigenvalue weighted by Gasteiger charge is -2.12. The maximum atomic E-state index is 13.1. The van der Waals surface area contributed by atoms with Gasteiger partial charge in [-0.15, -0.1) is 0 Å². The number of alkyl halides is 3. The average Bonchev–Trinajstić information content (AvgIpc) is 2.73. The van der Waals surface area contributed by atoms with E-state index in [1.807, 2.05) is 0 Å². The van der Waals surface area contributed by atoms with Gasteiger partial charge in [-0.25, -0.2) is 9.07 Å². The van der Waals surface area contributed by atoms with Crippen LogP contribution in [0.3, 0.4) is 0 Å². The van der Waals surface area contributed by atoms with E-state index in [4.69, 9.17) is 11.1 Å². The quantitative estimate of drug-likeness (QED) is 0.500. The van der Waals surface area contributed by atoms with Gasteiger partial charge in [0.1, 0.15) is 11.7 Å². The van der Waals surface area contributed by atoms with Gasteiger partial charge in [0, 0.05) is 0 Å². The second-order valence-electron chi connectivity index (χ2n) is 3.71. The Hall–Kier alpha value is -2.38. The second kappa shape index (κ2) is 4.38. The summed E-state index contributed by atoms with van der Waals surface area (Å²) in [7, 11) is 0.